The van der Waals surface area contributed by atoms with E-state index in [2.05, 4.69) is 24.0 Å². The lowest BCUT2D eigenvalue weighted by Crippen LogP contribution is -2.43. The van der Waals surface area contributed by atoms with Crippen LogP contribution in [0.5, 0.6) is 0 Å². The molecule has 3 rings (SSSR count). The summed E-state index contributed by atoms with van der Waals surface area (Å²) in [6.07, 6.45) is 2.43. The topological polar surface area (TPSA) is 78.4 Å². The molecule has 0 aliphatic carbocycles. The SMILES string of the molecule is CCOC(=O)N1CCC(C(C)(C)C(O)c2cc(Cl)cc3cn[nH]c23)CC1. The van der Waals surface area contributed by atoms with E-state index in [-0.39, 0.29) is 17.4 Å². The average molecular weight is 380 g/mol. The third kappa shape index (κ3) is 3.53. The molecule has 2 aromatic rings. The molecule has 0 bridgehead atoms. The molecular formula is C19H26ClN3O3. The van der Waals surface area contributed by atoms with Crippen molar-refractivity contribution in [2.75, 3.05) is 19.7 Å². The molecule has 1 unspecified atom stereocenters. The molecule has 1 atom stereocenters. The van der Waals surface area contributed by atoms with Crippen molar-refractivity contribution >= 4 is 28.6 Å². The number of halogens is 1. The van der Waals surface area contributed by atoms with E-state index in [4.69, 9.17) is 16.3 Å². The van der Waals surface area contributed by atoms with Crippen LogP contribution in [0.2, 0.25) is 5.02 Å². The van der Waals surface area contributed by atoms with Crippen LogP contribution >= 0.6 is 11.6 Å². The number of amides is 1. The van der Waals surface area contributed by atoms with Crippen LogP contribution in [0.1, 0.15) is 45.3 Å². The molecule has 1 aliphatic rings. The summed E-state index contributed by atoms with van der Waals surface area (Å²) >= 11 is 6.23. The van der Waals surface area contributed by atoms with Gasteiger partial charge in [-0.15, -0.1) is 0 Å². The molecule has 26 heavy (non-hydrogen) atoms. The number of aliphatic hydroxyl groups is 1. The van der Waals surface area contributed by atoms with E-state index in [1.54, 1.807) is 11.1 Å². The first-order chi connectivity index (χ1) is 12.3. The molecular weight excluding hydrogens is 354 g/mol. The number of rotatable bonds is 4. The first-order valence-corrected chi connectivity index (χ1v) is 9.44. The first-order valence-electron chi connectivity index (χ1n) is 9.06. The van der Waals surface area contributed by atoms with Crippen LogP contribution in [0.25, 0.3) is 10.9 Å². The number of hydrogen-bond acceptors (Lipinski definition) is 4. The molecule has 142 valence electrons. The summed E-state index contributed by atoms with van der Waals surface area (Å²) in [5.74, 6) is 0.278. The Balaban J connectivity index is 1.77. The first kappa shape index (κ1) is 19.0. The van der Waals surface area contributed by atoms with Gasteiger partial charge in [0.1, 0.15) is 0 Å². The zero-order valence-corrected chi connectivity index (χ0v) is 16.2. The molecule has 2 N–H and O–H groups in total. The van der Waals surface area contributed by atoms with Gasteiger partial charge in [0, 0.05) is 29.1 Å². The number of hydrogen-bond donors (Lipinski definition) is 2. The van der Waals surface area contributed by atoms with Crippen molar-refractivity contribution in [3.63, 3.8) is 0 Å². The predicted octanol–water partition coefficient (Wildman–Crippen LogP) is 4.14. The van der Waals surface area contributed by atoms with Crippen molar-refractivity contribution in [2.24, 2.45) is 11.3 Å². The normalized spacial score (nSPS) is 17.5. The largest absolute Gasteiger partial charge is 0.450 e. The zero-order chi connectivity index (χ0) is 18.9. The Morgan fingerprint density at radius 2 is 2.15 bits per heavy atom. The van der Waals surface area contributed by atoms with Crippen molar-refractivity contribution in [3.05, 3.63) is 28.9 Å². The molecule has 0 radical (unpaired) electrons. The van der Waals surface area contributed by atoms with Crippen LogP contribution in [-0.4, -0.2) is 46.0 Å². The number of nitrogens with zero attached hydrogens (tertiary/aromatic N) is 2. The quantitative estimate of drug-likeness (QED) is 0.836. The van der Waals surface area contributed by atoms with Crippen LogP contribution in [0.3, 0.4) is 0 Å². The van der Waals surface area contributed by atoms with Gasteiger partial charge >= 0.3 is 6.09 Å². The summed E-state index contributed by atoms with van der Waals surface area (Å²) in [5.41, 5.74) is 1.21. The van der Waals surface area contributed by atoms with Crippen molar-refractivity contribution in [2.45, 2.75) is 39.7 Å². The molecule has 1 aromatic heterocycles. The van der Waals surface area contributed by atoms with Gasteiger partial charge in [-0.1, -0.05) is 25.4 Å². The highest BCUT2D eigenvalue weighted by Crippen LogP contribution is 2.46. The maximum Gasteiger partial charge on any atom is 0.409 e. The van der Waals surface area contributed by atoms with Gasteiger partial charge in [-0.25, -0.2) is 4.79 Å². The monoisotopic (exact) mass is 379 g/mol. The number of piperidine rings is 1. The van der Waals surface area contributed by atoms with Gasteiger partial charge in [-0.05, 0) is 43.2 Å². The van der Waals surface area contributed by atoms with E-state index in [1.165, 1.54) is 0 Å². The second-order valence-electron chi connectivity index (χ2n) is 7.51. The summed E-state index contributed by atoms with van der Waals surface area (Å²) in [6.45, 7) is 7.64. The minimum Gasteiger partial charge on any atom is -0.450 e. The van der Waals surface area contributed by atoms with Gasteiger partial charge < -0.3 is 14.7 Å². The lowest BCUT2D eigenvalue weighted by atomic mass is 9.68. The summed E-state index contributed by atoms with van der Waals surface area (Å²) in [6, 6.07) is 3.64. The highest BCUT2D eigenvalue weighted by atomic mass is 35.5. The van der Waals surface area contributed by atoms with Gasteiger partial charge in [-0.2, -0.15) is 5.10 Å². The Morgan fingerprint density at radius 3 is 2.81 bits per heavy atom. The number of nitrogens with one attached hydrogen (secondary N) is 1. The molecule has 1 aliphatic heterocycles. The van der Waals surface area contributed by atoms with E-state index in [0.29, 0.717) is 24.7 Å². The number of carbonyl (C=O) groups excluding carboxylic acids is 1. The molecule has 1 fully saturated rings. The number of fused-ring (bicyclic) bond motifs is 1. The fraction of sp³-hybridized carbons (Fsp3) is 0.579. The summed E-state index contributed by atoms with van der Waals surface area (Å²) in [4.78, 5) is 13.6. The Labute approximate surface area is 158 Å². The molecule has 1 aromatic carbocycles. The minimum atomic E-state index is -0.691. The number of aromatic amines is 1. The van der Waals surface area contributed by atoms with E-state index in [0.717, 1.165) is 29.3 Å². The summed E-state index contributed by atoms with van der Waals surface area (Å²) < 4.78 is 5.08. The number of likely N-dealkylation sites (tertiary alicyclic amines) is 1. The van der Waals surface area contributed by atoms with Crippen molar-refractivity contribution < 1.29 is 14.6 Å². The molecule has 7 heteroatoms. The number of ether oxygens (including phenoxy) is 1. The highest BCUT2D eigenvalue weighted by Gasteiger charge is 2.40. The Morgan fingerprint density at radius 1 is 1.46 bits per heavy atom. The lowest BCUT2D eigenvalue weighted by Gasteiger charge is -2.43. The van der Waals surface area contributed by atoms with Crippen LogP contribution in [0.4, 0.5) is 4.79 Å². The van der Waals surface area contributed by atoms with Crippen LogP contribution in [0.15, 0.2) is 18.3 Å². The molecule has 0 spiro atoms. The number of H-pyrrole nitrogens is 1. The predicted molar refractivity (Wildman–Crippen MR) is 101 cm³/mol. The van der Waals surface area contributed by atoms with Gasteiger partial charge in [-0.3, -0.25) is 5.10 Å². The van der Waals surface area contributed by atoms with Crippen molar-refractivity contribution in [1.29, 1.82) is 0 Å². The fourth-order valence-corrected chi connectivity index (χ4v) is 4.14. The number of benzene rings is 1. The molecule has 1 amide bonds. The smallest absolute Gasteiger partial charge is 0.409 e. The van der Waals surface area contributed by atoms with Gasteiger partial charge in [0.15, 0.2) is 0 Å². The van der Waals surface area contributed by atoms with Gasteiger partial charge in [0.25, 0.3) is 0 Å². The Hall–Kier alpha value is -1.79. The molecule has 1 saturated heterocycles. The Bertz CT molecular complexity index is 781. The molecule has 2 heterocycles. The zero-order valence-electron chi connectivity index (χ0n) is 15.5. The second-order valence-corrected chi connectivity index (χ2v) is 7.95. The number of aromatic nitrogens is 2. The Kier molecular flexibility index (Phi) is 5.44. The number of aliphatic hydroxyl groups excluding tert-OH is 1. The van der Waals surface area contributed by atoms with Crippen LogP contribution in [0, 0.1) is 11.3 Å². The van der Waals surface area contributed by atoms with Crippen molar-refractivity contribution in [1.82, 2.24) is 15.1 Å². The molecule has 0 saturated carbocycles. The third-order valence-corrected chi connectivity index (χ3v) is 5.83. The highest BCUT2D eigenvalue weighted by molar-refractivity contribution is 6.31. The van der Waals surface area contributed by atoms with Crippen LogP contribution < -0.4 is 0 Å². The standard InChI is InChI=1S/C19H26ClN3O3/c1-4-26-18(25)23-7-5-13(6-8-23)19(2,3)17(24)15-10-14(20)9-12-11-21-22-16(12)15/h9-11,13,17,24H,4-8H2,1-3H3,(H,21,22). The van der Waals surface area contributed by atoms with Crippen LogP contribution in [-0.2, 0) is 4.74 Å². The maximum atomic E-state index is 11.9. The number of carbonyl (C=O) groups is 1. The van der Waals surface area contributed by atoms with Gasteiger partial charge in [0.05, 0.1) is 24.4 Å². The van der Waals surface area contributed by atoms with E-state index in [1.807, 2.05) is 19.1 Å². The van der Waals surface area contributed by atoms with E-state index in [9.17, 15) is 9.90 Å². The second kappa shape index (κ2) is 7.45. The third-order valence-electron chi connectivity index (χ3n) is 5.62. The van der Waals surface area contributed by atoms with Crippen molar-refractivity contribution in [3.8, 4) is 0 Å². The maximum absolute atomic E-state index is 11.9. The summed E-state index contributed by atoms with van der Waals surface area (Å²) in [7, 11) is 0. The fourth-order valence-electron chi connectivity index (χ4n) is 3.91. The minimum absolute atomic E-state index is 0.252. The van der Waals surface area contributed by atoms with E-state index < -0.39 is 6.10 Å². The molecule has 6 nitrogen and oxygen atoms in total. The van der Waals surface area contributed by atoms with E-state index >= 15 is 0 Å². The average Bonchev–Trinajstić information content (AvgIpc) is 3.09. The van der Waals surface area contributed by atoms with Gasteiger partial charge in [0.2, 0.25) is 0 Å². The summed E-state index contributed by atoms with van der Waals surface area (Å²) in [5, 5.41) is 19.7. The lowest BCUT2D eigenvalue weighted by molar-refractivity contribution is -0.0180.